The molecule has 0 spiro atoms. The van der Waals surface area contributed by atoms with E-state index in [1.54, 1.807) is 0 Å². The van der Waals surface area contributed by atoms with E-state index in [1.165, 1.54) is 64.2 Å². The van der Waals surface area contributed by atoms with Crippen LogP contribution in [0, 0.1) is 0 Å². The Labute approximate surface area is 439 Å². The summed E-state index contributed by atoms with van der Waals surface area (Å²) < 4.78 is 39.5. The lowest BCUT2D eigenvalue weighted by atomic mass is 10.1. The maximum atomic E-state index is 12.9. The topological polar surface area (TPSA) is 155 Å². The second-order valence-electron chi connectivity index (χ2n) is 19.1. The first-order valence-electron chi connectivity index (χ1n) is 28.8. The smallest absolute Gasteiger partial charge is 0.462 e. The average molecular weight is 1030 g/mol. The Balaban J connectivity index is 4.76. The van der Waals surface area contributed by atoms with Crippen molar-refractivity contribution >= 4 is 25.7 Å². The van der Waals surface area contributed by atoms with E-state index in [1.807, 2.05) is 0 Å². The van der Waals surface area contributed by atoms with Gasteiger partial charge in [-0.1, -0.05) is 203 Å². The molecule has 0 aliphatic carbocycles. The number of carbonyl (C=O) groups is 3. The van der Waals surface area contributed by atoms with E-state index in [-0.39, 0.29) is 25.9 Å². The second kappa shape index (κ2) is 54.2. The van der Waals surface area contributed by atoms with E-state index in [2.05, 4.69) is 93.7 Å². The fourth-order valence-corrected chi connectivity index (χ4v) is 8.46. The van der Waals surface area contributed by atoms with Gasteiger partial charge in [0.15, 0.2) is 6.10 Å². The molecule has 0 bridgehead atoms. The van der Waals surface area contributed by atoms with E-state index >= 15 is 0 Å². The molecule has 2 N–H and O–H groups in total. The number of unbranched alkanes of at least 4 members (excludes halogenated alkanes) is 24. The van der Waals surface area contributed by atoms with E-state index < -0.39 is 57.8 Å². The van der Waals surface area contributed by atoms with Crippen LogP contribution in [0.25, 0.3) is 0 Å². The van der Waals surface area contributed by atoms with Crippen LogP contribution in [0.15, 0.2) is 72.9 Å². The average Bonchev–Trinajstić information content (AvgIpc) is 3.37. The number of aliphatic hydroxyl groups excluding tert-OH is 1. The van der Waals surface area contributed by atoms with Gasteiger partial charge in [0.1, 0.15) is 12.7 Å². The number of carbonyl (C=O) groups excluding carboxylic acids is 3. The van der Waals surface area contributed by atoms with E-state index in [9.17, 15) is 28.9 Å². The van der Waals surface area contributed by atoms with E-state index in [0.29, 0.717) is 19.3 Å². The largest absolute Gasteiger partial charge is 0.472 e. The number of phosphoric acid groups is 1. The van der Waals surface area contributed by atoms with Crippen LogP contribution in [0.3, 0.4) is 0 Å². The number of ether oxygens (including phenoxy) is 3. The van der Waals surface area contributed by atoms with Gasteiger partial charge in [-0.05, 0) is 103 Å². The summed E-state index contributed by atoms with van der Waals surface area (Å²) in [6, 6.07) is 0. The molecule has 0 fully saturated rings. The first-order chi connectivity index (χ1) is 35.2. The highest BCUT2D eigenvalue weighted by Crippen LogP contribution is 2.43. The number of phosphoric ester groups is 1. The van der Waals surface area contributed by atoms with Crippen molar-refractivity contribution in [2.24, 2.45) is 0 Å². The summed E-state index contributed by atoms with van der Waals surface area (Å²) in [5, 5.41) is 9.79. The van der Waals surface area contributed by atoms with Gasteiger partial charge in [-0.2, -0.15) is 0 Å². The zero-order valence-corrected chi connectivity index (χ0v) is 46.8. The van der Waals surface area contributed by atoms with Gasteiger partial charge in [0.05, 0.1) is 19.8 Å². The normalized spacial score (nSPS) is 13.9. The highest BCUT2D eigenvalue weighted by atomic mass is 31.2. The fraction of sp³-hybridized carbons (Fsp3) is 0.750. The lowest BCUT2D eigenvalue weighted by molar-refractivity contribution is -0.161. The van der Waals surface area contributed by atoms with Gasteiger partial charge in [0.2, 0.25) is 0 Å². The van der Waals surface area contributed by atoms with Crippen molar-refractivity contribution in [3.63, 3.8) is 0 Å². The maximum Gasteiger partial charge on any atom is 0.472 e. The SMILES string of the molecule is CC/C=C\C/C=C\C/C=C\CCCCCCCCCC(=O)OC(COC(=O)CCCCCCCCC/C=C\C/C=C\CCCCC)COP(=O)(O)OCC(CO)OC(=O)CCCCCCC/C=C\CCCC. The van der Waals surface area contributed by atoms with Gasteiger partial charge in [0, 0.05) is 19.3 Å². The summed E-state index contributed by atoms with van der Waals surface area (Å²) in [6.45, 7) is 4.45. The summed E-state index contributed by atoms with van der Waals surface area (Å²) >= 11 is 0. The van der Waals surface area contributed by atoms with Crippen molar-refractivity contribution < 1.29 is 52.2 Å². The van der Waals surface area contributed by atoms with Crippen molar-refractivity contribution in [2.75, 3.05) is 26.4 Å². The second-order valence-corrected chi connectivity index (χ2v) is 20.5. The number of rotatable bonds is 53. The lowest BCUT2D eigenvalue weighted by Crippen LogP contribution is -2.30. The van der Waals surface area contributed by atoms with Crippen LogP contribution in [-0.4, -0.2) is 66.5 Å². The summed E-state index contributed by atoms with van der Waals surface area (Å²) in [5.74, 6) is -1.49. The molecule has 0 radical (unpaired) electrons. The third-order valence-corrected chi connectivity index (χ3v) is 13.0. The predicted octanol–water partition coefficient (Wildman–Crippen LogP) is 16.9. The molecular formula is C60H105O11P. The summed E-state index contributed by atoms with van der Waals surface area (Å²) in [7, 11) is -4.75. The molecule has 11 nitrogen and oxygen atoms in total. The van der Waals surface area contributed by atoms with Crippen LogP contribution in [0.1, 0.15) is 252 Å². The van der Waals surface area contributed by atoms with Crippen LogP contribution in [0.5, 0.6) is 0 Å². The molecule has 3 unspecified atom stereocenters. The number of aliphatic hydroxyl groups is 1. The Kier molecular flexibility index (Phi) is 51.9. The van der Waals surface area contributed by atoms with Gasteiger partial charge < -0.3 is 24.2 Å². The standard InChI is InChI=1S/C60H105O11P/c1-4-7-10-13-16-19-22-24-26-28-30-32-35-37-40-43-46-49-58(62)67-53-57(71-60(64)51-48-45-42-39-36-33-31-29-27-25-23-20-17-14-11-8-5-2)55-69-72(65,66)68-54-56(52-61)70-59(63)50-47-44-41-38-34-21-18-15-12-9-6-3/h8,11,15-20,24-27,56-57,61H,4-7,9-10,12-14,21-23,28-55H2,1-3H3,(H,65,66)/b11-8-,18-15-,19-16-,20-17-,26-24-,27-25-. The van der Waals surface area contributed by atoms with Crippen LogP contribution >= 0.6 is 7.82 Å². The van der Waals surface area contributed by atoms with Gasteiger partial charge in [-0.15, -0.1) is 0 Å². The fourth-order valence-electron chi connectivity index (χ4n) is 7.68. The Bertz CT molecular complexity index is 1490. The van der Waals surface area contributed by atoms with E-state index in [0.717, 1.165) is 128 Å². The lowest BCUT2D eigenvalue weighted by Gasteiger charge is -2.21. The zero-order chi connectivity index (χ0) is 52.7. The molecule has 0 aromatic carbocycles. The third-order valence-electron chi connectivity index (χ3n) is 12.1. The molecule has 0 rings (SSSR count). The molecular weight excluding hydrogens is 928 g/mol. The van der Waals surface area contributed by atoms with Crippen molar-refractivity contribution in [1.29, 1.82) is 0 Å². The Hall–Kier alpha value is -3.08. The number of hydrogen-bond acceptors (Lipinski definition) is 10. The van der Waals surface area contributed by atoms with Crippen LogP contribution in [0.2, 0.25) is 0 Å². The first kappa shape index (κ1) is 68.9. The molecule has 0 amide bonds. The summed E-state index contributed by atoms with van der Waals surface area (Å²) in [6.07, 6.45) is 60.0. The minimum Gasteiger partial charge on any atom is -0.462 e. The molecule has 0 aliphatic heterocycles. The Morgan fingerprint density at radius 2 is 0.736 bits per heavy atom. The van der Waals surface area contributed by atoms with Crippen molar-refractivity contribution in [2.45, 2.75) is 264 Å². The molecule has 0 aromatic heterocycles. The van der Waals surface area contributed by atoms with Crippen LogP contribution < -0.4 is 0 Å². The minimum atomic E-state index is -4.75. The van der Waals surface area contributed by atoms with Crippen molar-refractivity contribution in [1.82, 2.24) is 0 Å². The molecule has 72 heavy (non-hydrogen) atoms. The number of allylic oxidation sites excluding steroid dienone is 12. The van der Waals surface area contributed by atoms with Crippen molar-refractivity contribution in [3.05, 3.63) is 72.9 Å². The van der Waals surface area contributed by atoms with Crippen LogP contribution in [0.4, 0.5) is 0 Å². The van der Waals surface area contributed by atoms with Gasteiger partial charge in [0.25, 0.3) is 0 Å². The van der Waals surface area contributed by atoms with E-state index in [4.69, 9.17) is 23.3 Å². The maximum absolute atomic E-state index is 12.9. The Morgan fingerprint density at radius 3 is 1.17 bits per heavy atom. The third kappa shape index (κ3) is 51.8. The minimum absolute atomic E-state index is 0.153. The molecule has 0 heterocycles. The molecule has 0 aromatic rings. The monoisotopic (exact) mass is 1030 g/mol. The molecule has 0 saturated heterocycles. The van der Waals surface area contributed by atoms with Gasteiger partial charge in [-0.25, -0.2) is 4.57 Å². The van der Waals surface area contributed by atoms with Gasteiger partial charge >= 0.3 is 25.7 Å². The number of esters is 3. The van der Waals surface area contributed by atoms with Crippen LogP contribution in [-0.2, 0) is 42.2 Å². The Morgan fingerprint density at radius 1 is 0.403 bits per heavy atom. The summed E-state index contributed by atoms with van der Waals surface area (Å²) in [5.41, 5.74) is 0. The quantitative estimate of drug-likeness (QED) is 0.0197. The van der Waals surface area contributed by atoms with Crippen molar-refractivity contribution in [3.8, 4) is 0 Å². The predicted molar refractivity (Wildman–Crippen MR) is 298 cm³/mol. The molecule has 416 valence electrons. The molecule has 12 heteroatoms. The van der Waals surface area contributed by atoms with Gasteiger partial charge in [-0.3, -0.25) is 23.4 Å². The highest BCUT2D eigenvalue weighted by molar-refractivity contribution is 7.47. The highest BCUT2D eigenvalue weighted by Gasteiger charge is 2.28. The molecule has 3 atom stereocenters. The zero-order valence-electron chi connectivity index (χ0n) is 45.9. The molecule has 0 aliphatic rings. The summed E-state index contributed by atoms with van der Waals surface area (Å²) in [4.78, 5) is 48.5. The number of hydrogen-bond donors (Lipinski definition) is 2. The molecule has 0 saturated carbocycles. The first-order valence-corrected chi connectivity index (χ1v) is 30.3.